The molecule has 0 N–H and O–H groups in total. The third-order valence-electron chi connectivity index (χ3n) is 2.54. The molecule has 1 fully saturated rings. The van der Waals surface area contributed by atoms with Crippen molar-refractivity contribution < 1.29 is 13.9 Å². The predicted molar refractivity (Wildman–Crippen MR) is 56.4 cm³/mol. The van der Waals surface area contributed by atoms with Crippen molar-refractivity contribution in [1.29, 1.82) is 0 Å². The topological polar surface area (TPSA) is 29.5 Å². The van der Waals surface area contributed by atoms with Crippen LogP contribution in [-0.4, -0.2) is 42.3 Å². The maximum absolute atomic E-state index is 13.6. The van der Waals surface area contributed by atoms with Crippen molar-refractivity contribution in [2.75, 3.05) is 19.7 Å². The lowest BCUT2D eigenvalue weighted by molar-refractivity contribution is -0.141. The van der Waals surface area contributed by atoms with Gasteiger partial charge in [0.25, 0.3) is 0 Å². The minimum absolute atomic E-state index is 0.0375. The maximum atomic E-state index is 13.6. The highest BCUT2D eigenvalue weighted by molar-refractivity contribution is 5.77. The first-order valence-electron chi connectivity index (χ1n) is 5.49. The fourth-order valence-electron chi connectivity index (χ4n) is 1.74. The van der Waals surface area contributed by atoms with Gasteiger partial charge in [-0.1, -0.05) is 0 Å². The second-order valence-electron chi connectivity index (χ2n) is 4.69. The highest BCUT2D eigenvalue weighted by atomic mass is 19.1. The van der Waals surface area contributed by atoms with Gasteiger partial charge in [0.2, 0.25) is 5.91 Å². The highest BCUT2D eigenvalue weighted by Gasteiger charge is 2.32. The van der Waals surface area contributed by atoms with E-state index in [2.05, 4.69) is 0 Å². The summed E-state index contributed by atoms with van der Waals surface area (Å²) in [6, 6.07) is 0. The van der Waals surface area contributed by atoms with Gasteiger partial charge >= 0.3 is 0 Å². The van der Waals surface area contributed by atoms with Crippen LogP contribution < -0.4 is 0 Å². The summed E-state index contributed by atoms with van der Waals surface area (Å²) in [4.78, 5) is 13.2. The number of nitrogens with zero attached hydrogens (tertiary/aromatic N) is 1. The zero-order valence-corrected chi connectivity index (χ0v) is 9.75. The summed E-state index contributed by atoms with van der Waals surface area (Å²) in [5.74, 6) is -0.104. The van der Waals surface area contributed by atoms with Gasteiger partial charge in [-0.15, -0.1) is 0 Å². The molecule has 15 heavy (non-hydrogen) atoms. The van der Waals surface area contributed by atoms with Crippen LogP contribution in [0.4, 0.5) is 4.39 Å². The van der Waals surface area contributed by atoms with Crippen LogP contribution >= 0.6 is 0 Å². The van der Waals surface area contributed by atoms with Crippen molar-refractivity contribution in [2.24, 2.45) is 0 Å². The summed E-state index contributed by atoms with van der Waals surface area (Å²) < 4.78 is 18.9. The zero-order valence-electron chi connectivity index (χ0n) is 9.75. The molecule has 0 bridgehead atoms. The first-order valence-corrected chi connectivity index (χ1v) is 5.49. The van der Waals surface area contributed by atoms with E-state index in [0.29, 0.717) is 13.0 Å². The number of amides is 1. The average Bonchev–Trinajstić information content (AvgIpc) is 2.12. The van der Waals surface area contributed by atoms with Crippen LogP contribution in [0.25, 0.3) is 0 Å². The van der Waals surface area contributed by atoms with Crippen LogP contribution in [0.15, 0.2) is 0 Å². The number of halogens is 1. The molecule has 0 aromatic carbocycles. The number of rotatable bonds is 3. The molecule has 0 aromatic heterocycles. The first kappa shape index (κ1) is 12.4. The number of alkyl halides is 1. The van der Waals surface area contributed by atoms with E-state index in [4.69, 9.17) is 4.74 Å². The van der Waals surface area contributed by atoms with E-state index < -0.39 is 5.67 Å². The summed E-state index contributed by atoms with van der Waals surface area (Å²) in [5, 5.41) is 0. The Kier molecular flexibility index (Phi) is 4.08. The lowest BCUT2D eigenvalue weighted by atomic mass is 9.97. The van der Waals surface area contributed by atoms with E-state index in [1.165, 1.54) is 0 Å². The number of likely N-dealkylation sites (tertiary alicyclic amines) is 1. The molecule has 3 nitrogen and oxygen atoms in total. The Morgan fingerprint density at radius 3 is 2.80 bits per heavy atom. The van der Waals surface area contributed by atoms with Crippen LogP contribution in [0, 0.1) is 0 Å². The number of carbonyl (C=O) groups excluding carboxylic acids is 1. The largest absolute Gasteiger partial charge is 0.369 e. The van der Waals surface area contributed by atoms with Crippen LogP contribution in [0.1, 0.15) is 33.6 Å². The van der Waals surface area contributed by atoms with Crippen LogP contribution in [-0.2, 0) is 9.53 Å². The summed E-state index contributed by atoms with van der Waals surface area (Å²) in [7, 11) is 0. The minimum atomic E-state index is -1.23. The lowest BCUT2D eigenvalue weighted by Crippen LogP contribution is -2.47. The van der Waals surface area contributed by atoms with Gasteiger partial charge in [0.1, 0.15) is 12.3 Å². The molecule has 0 saturated carbocycles. The quantitative estimate of drug-likeness (QED) is 0.721. The molecule has 1 amide bonds. The van der Waals surface area contributed by atoms with E-state index >= 15 is 0 Å². The molecule has 1 saturated heterocycles. The molecule has 1 aliphatic heterocycles. The Hall–Kier alpha value is -0.640. The van der Waals surface area contributed by atoms with Gasteiger partial charge in [-0.05, 0) is 33.6 Å². The second-order valence-corrected chi connectivity index (χ2v) is 4.69. The second kappa shape index (κ2) is 4.92. The number of piperidine rings is 1. The van der Waals surface area contributed by atoms with Gasteiger partial charge < -0.3 is 9.64 Å². The number of carbonyl (C=O) groups is 1. The first-order chi connectivity index (χ1) is 6.91. The molecule has 1 atom stereocenters. The van der Waals surface area contributed by atoms with Gasteiger partial charge in [0.05, 0.1) is 12.6 Å². The Morgan fingerprint density at radius 2 is 2.27 bits per heavy atom. The SMILES string of the molecule is CC(C)OCC(=O)N1CCCC(C)(F)C1. The molecule has 0 aliphatic carbocycles. The van der Waals surface area contributed by atoms with Gasteiger partial charge in [-0.25, -0.2) is 4.39 Å². The Bertz CT molecular complexity index is 229. The number of hydrogen-bond acceptors (Lipinski definition) is 2. The molecule has 4 heteroatoms. The standard InChI is InChI=1S/C11H20FNO2/c1-9(2)15-7-10(14)13-6-4-5-11(3,12)8-13/h9H,4-8H2,1-3H3. The van der Waals surface area contributed by atoms with Gasteiger partial charge in [-0.2, -0.15) is 0 Å². The van der Waals surface area contributed by atoms with Crippen molar-refractivity contribution in [3.8, 4) is 0 Å². The molecule has 0 aromatic rings. The van der Waals surface area contributed by atoms with E-state index in [9.17, 15) is 9.18 Å². The molecular weight excluding hydrogens is 197 g/mol. The lowest BCUT2D eigenvalue weighted by Gasteiger charge is -2.35. The molecule has 1 heterocycles. The minimum Gasteiger partial charge on any atom is -0.369 e. The molecule has 1 aliphatic rings. The average molecular weight is 217 g/mol. The molecule has 0 spiro atoms. The van der Waals surface area contributed by atoms with Crippen molar-refractivity contribution in [2.45, 2.75) is 45.4 Å². The Balaban J connectivity index is 2.39. The van der Waals surface area contributed by atoms with E-state index in [0.717, 1.165) is 6.42 Å². The molecule has 1 unspecified atom stereocenters. The van der Waals surface area contributed by atoms with Crippen LogP contribution in [0.3, 0.4) is 0 Å². The van der Waals surface area contributed by atoms with Gasteiger partial charge in [0.15, 0.2) is 0 Å². The molecule has 88 valence electrons. The van der Waals surface area contributed by atoms with E-state index in [-0.39, 0.29) is 25.2 Å². The highest BCUT2D eigenvalue weighted by Crippen LogP contribution is 2.24. The van der Waals surface area contributed by atoms with Crippen molar-refractivity contribution >= 4 is 5.91 Å². The van der Waals surface area contributed by atoms with Crippen molar-refractivity contribution in [3.05, 3.63) is 0 Å². The monoisotopic (exact) mass is 217 g/mol. The summed E-state index contributed by atoms with van der Waals surface area (Å²) in [5.41, 5.74) is -1.23. The summed E-state index contributed by atoms with van der Waals surface area (Å²) in [6.45, 7) is 6.22. The van der Waals surface area contributed by atoms with E-state index in [1.807, 2.05) is 13.8 Å². The number of ether oxygens (including phenoxy) is 1. The molecule has 0 radical (unpaired) electrons. The Labute approximate surface area is 90.6 Å². The molecular formula is C11H20FNO2. The fraction of sp³-hybridized carbons (Fsp3) is 0.909. The fourth-order valence-corrected chi connectivity index (χ4v) is 1.74. The third-order valence-corrected chi connectivity index (χ3v) is 2.54. The van der Waals surface area contributed by atoms with Gasteiger partial charge in [0, 0.05) is 6.54 Å². The van der Waals surface area contributed by atoms with Crippen LogP contribution in [0.2, 0.25) is 0 Å². The predicted octanol–water partition coefficient (Wildman–Crippen LogP) is 1.76. The summed E-state index contributed by atoms with van der Waals surface area (Å²) in [6.07, 6.45) is 1.32. The normalized spacial score (nSPS) is 27.1. The molecule has 1 rings (SSSR count). The Morgan fingerprint density at radius 1 is 1.60 bits per heavy atom. The van der Waals surface area contributed by atoms with Gasteiger partial charge in [-0.3, -0.25) is 4.79 Å². The zero-order chi connectivity index (χ0) is 11.5. The van der Waals surface area contributed by atoms with Crippen LogP contribution in [0.5, 0.6) is 0 Å². The van der Waals surface area contributed by atoms with E-state index in [1.54, 1.807) is 11.8 Å². The number of hydrogen-bond donors (Lipinski definition) is 0. The van der Waals surface area contributed by atoms with Crippen molar-refractivity contribution in [3.63, 3.8) is 0 Å². The third kappa shape index (κ3) is 4.16. The smallest absolute Gasteiger partial charge is 0.248 e. The summed E-state index contributed by atoms with van der Waals surface area (Å²) >= 11 is 0. The maximum Gasteiger partial charge on any atom is 0.248 e. The van der Waals surface area contributed by atoms with Crippen molar-refractivity contribution in [1.82, 2.24) is 4.90 Å².